The van der Waals surface area contributed by atoms with E-state index in [0.29, 0.717) is 12.5 Å². The lowest BCUT2D eigenvalue weighted by molar-refractivity contribution is 0.0390. The molecule has 3 fully saturated rings. The van der Waals surface area contributed by atoms with Gasteiger partial charge < -0.3 is 4.90 Å². The molecule has 1 amide bonds. The highest BCUT2D eigenvalue weighted by Gasteiger charge is 2.36. The second-order valence-corrected chi connectivity index (χ2v) is 9.48. The Labute approximate surface area is 154 Å². The topological polar surface area (TPSA) is 66.5 Å². The summed E-state index contributed by atoms with van der Waals surface area (Å²) in [4.78, 5) is 14.5. The second kappa shape index (κ2) is 6.93. The first-order valence-corrected chi connectivity index (χ1v) is 11.1. The summed E-state index contributed by atoms with van der Waals surface area (Å²) in [5.41, 5.74) is 0.258. The molecule has 0 spiro atoms. The van der Waals surface area contributed by atoms with Gasteiger partial charge in [0.25, 0.3) is 5.91 Å². The number of nitrogens with zero attached hydrogens (tertiary/aromatic N) is 1. The highest BCUT2D eigenvalue weighted by molar-refractivity contribution is 7.89. The average Bonchev–Trinajstić information content (AvgIpc) is 3.44. The summed E-state index contributed by atoms with van der Waals surface area (Å²) in [6.07, 6.45) is 8.18. The smallest absolute Gasteiger partial charge is 0.254 e. The molecule has 2 aliphatic carbocycles. The number of likely N-dealkylation sites (tertiary alicyclic amines) is 1. The van der Waals surface area contributed by atoms with Gasteiger partial charge in [-0.1, -0.05) is 12.8 Å². The van der Waals surface area contributed by atoms with Crippen molar-refractivity contribution in [3.05, 3.63) is 29.6 Å². The molecule has 3 aliphatic rings. The van der Waals surface area contributed by atoms with Crippen LogP contribution in [0.4, 0.5) is 4.39 Å². The van der Waals surface area contributed by atoms with Gasteiger partial charge in [0.15, 0.2) is 0 Å². The minimum atomic E-state index is -3.93. The Morgan fingerprint density at radius 2 is 1.81 bits per heavy atom. The van der Waals surface area contributed by atoms with Gasteiger partial charge in [0.1, 0.15) is 10.7 Å². The van der Waals surface area contributed by atoms with Crippen molar-refractivity contribution in [3.63, 3.8) is 0 Å². The summed E-state index contributed by atoms with van der Waals surface area (Å²) in [5, 5.41) is 0. The Morgan fingerprint density at radius 3 is 2.58 bits per heavy atom. The molecular weight excluding hydrogens is 355 g/mol. The third-order valence-electron chi connectivity index (χ3n) is 5.87. The van der Waals surface area contributed by atoms with Crippen LogP contribution in [0, 0.1) is 11.7 Å². The fourth-order valence-corrected chi connectivity index (χ4v) is 5.78. The van der Waals surface area contributed by atoms with Crippen molar-refractivity contribution in [1.82, 2.24) is 9.62 Å². The lowest BCUT2D eigenvalue weighted by Crippen LogP contribution is -2.49. The lowest BCUT2D eigenvalue weighted by atomic mass is 9.78. The molecule has 0 bridgehead atoms. The van der Waals surface area contributed by atoms with E-state index in [4.69, 9.17) is 0 Å². The van der Waals surface area contributed by atoms with E-state index in [1.54, 1.807) is 0 Å². The van der Waals surface area contributed by atoms with Crippen LogP contribution in [-0.4, -0.2) is 37.9 Å². The van der Waals surface area contributed by atoms with Crippen LogP contribution >= 0.6 is 0 Å². The first-order valence-electron chi connectivity index (χ1n) is 9.58. The largest absolute Gasteiger partial charge is 0.335 e. The number of carbonyl (C=O) groups is 1. The number of carbonyl (C=O) groups excluding carboxylic acids is 1. The van der Waals surface area contributed by atoms with E-state index >= 15 is 0 Å². The van der Waals surface area contributed by atoms with Crippen LogP contribution in [0.5, 0.6) is 0 Å². The molecule has 1 N–H and O–H groups in total. The van der Waals surface area contributed by atoms with Crippen LogP contribution in [0.15, 0.2) is 23.1 Å². The molecule has 0 radical (unpaired) electrons. The lowest BCUT2D eigenvalue weighted by Gasteiger charge is -2.44. The number of hydrogen-bond donors (Lipinski definition) is 1. The Kier molecular flexibility index (Phi) is 4.77. The van der Waals surface area contributed by atoms with E-state index in [1.165, 1.54) is 18.6 Å². The van der Waals surface area contributed by atoms with Crippen LogP contribution in [0.2, 0.25) is 0 Å². The van der Waals surface area contributed by atoms with Crippen LogP contribution in [0.3, 0.4) is 0 Å². The number of halogens is 1. The summed E-state index contributed by atoms with van der Waals surface area (Å²) in [7, 11) is -3.93. The van der Waals surface area contributed by atoms with Crippen molar-refractivity contribution in [2.45, 2.75) is 68.3 Å². The minimum absolute atomic E-state index is 0.108. The summed E-state index contributed by atoms with van der Waals surface area (Å²) >= 11 is 0. The standard InChI is InChI=1S/C19H25FN2O3S/c20-16-10-7-14(12-18(16)26(24,25)21-15-8-9-15)19(23)22-11-3-5-13-4-1-2-6-17(13)22/h7,10,12-13,15,17,21H,1-6,8-9,11H2. The molecule has 5 nitrogen and oxygen atoms in total. The molecule has 1 aliphatic heterocycles. The maximum Gasteiger partial charge on any atom is 0.254 e. The number of nitrogens with one attached hydrogen (secondary N) is 1. The molecule has 1 aromatic carbocycles. The van der Waals surface area contributed by atoms with Crippen LogP contribution in [-0.2, 0) is 10.0 Å². The summed E-state index contributed by atoms with van der Waals surface area (Å²) in [6, 6.07) is 3.83. The first kappa shape index (κ1) is 17.9. The fourth-order valence-electron chi connectivity index (χ4n) is 4.37. The third-order valence-corrected chi connectivity index (χ3v) is 7.41. The highest BCUT2D eigenvalue weighted by atomic mass is 32.2. The van der Waals surface area contributed by atoms with Crippen molar-refractivity contribution < 1.29 is 17.6 Å². The van der Waals surface area contributed by atoms with Crippen LogP contribution in [0.1, 0.15) is 61.7 Å². The number of amides is 1. The van der Waals surface area contributed by atoms with Gasteiger partial charge in [0.05, 0.1) is 0 Å². The zero-order chi connectivity index (χ0) is 18.3. The zero-order valence-electron chi connectivity index (χ0n) is 14.8. The molecule has 26 heavy (non-hydrogen) atoms. The summed E-state index contributed by atoms with van der Waals surface area (Å²) in [6.45, 7) is 0.694. The molecular formula is C19H25FN2O3S. The maximum absolute atomic E-state index is 14.2. The number of sulfonamides is 1. The van der Waals surface area contributed by atoms with E-state index in [1.807, 2.05) is 4.90 Å². The van der Waals surface area contributed by atoms with Crippen molar-refractivity contribution in [3.8, 4) is 0 Å². The van der Waals surface area contributed by atoms with Gasteiger partial charge in [0.2, 0.25) is 10.0 Å². The van der Waals surface area contributed by atoms with Gasteiger partial charge in [-0.2, -0.15) is 0 Å². The Hall–Kier alpha value is -1.47. The normalized spacial score (nSPS) is 26.4. The van der Waals surface area contributed by atoms with E-state index in [9.17, 15) is 17.6 Å². The summed E-state index contributed by atoms with van der Waals surface area (Å²) in [5.74, 6) is -0.449. The fraction of sp³-hybridized carbons (Fsp3) is 0.632. The van der Waals surface area contributed by atoms with Crippen LogP contribution < -0.4 is 4.72 Å². The number of fused-ring (bicyclic) bond motifs is 1. The predicted octanol–water partition coefficient (Wildman–Crippen LogP) is 3.06. The van der Waals surface area contributed by atoms with Gasteiger partial charge in [-0.05, 0) is 62.6 Å². The molecule has 7 heteroatoms. The molecule has 1 saturated heterocycles. The number of piperidine rings is 1. The Bertz CT molecular complexity index is 805. The van der Waals surface area contributed by atoms with Gasteiger partial charge in [-0.25, -0.2) is 17.5 Å². The minimum Gasteiger partial charge on any atom is -0.335 e. The molecule has 1 heterocycles. The molecule has 2 unspecified atom stereocenters. The van der Waals surface area contributed by atoms with Crippen molar-refractivity contribution in [1.29, 1.82) is 0 Å². The number of benzene rings is 1. The molecule has 2 saturated carbocycles. The summed E-state index contributed by atoms with van der Waals surface area (Å²) < 4.78 is 41.5. The quantitative estimate of drug-likeness (QED) is 0.873. The van der Waals surface area contributed by atoms with Crippen molar-refractivity contribution in [2.24, 2.45) is 5.92 Å². The zero-order valence-corrected chi connectivity index (χ0v) is 15.6. The average molecular weight is 380 g/mol. The molecule has 0 aromatic heterocycles. The van der Waals surface area contributed by atoms with Gasteiger partial charge in [-0.15, -0.1) is 0 Å². The molecule has 2 atom stereocenters. The first-order chi connectivity index (χ1) is 12.5. The van der Waals surface area contributed by atoms with Crippen molar-refractivity contribution >= 4 is 15.9 Å². The van der Waals surface area contributed by atoms with Gasteiger partial charge in [-0.3, -0.25) is 4.79 Å². The molecule has 1 aromatic rings. The monoisotopic (exact) mass is 380 g/mol. The van der Waals surface area contributed by atoms with Gasteiger partial charge >= 0.3 is 0 Å². The Morgan fingerprint density at radius 1 is 1.08 bits per heavy atom. The highest BCUT2D eigenvalue weighted by Crippen LogP contribution is 2.36. The van der Waals surface area contributed by atoms with E-state index in [0.717, 1.165) is 51.0 Å². The number of hydrogen-bond acceptors (Lipinski definition) is 3. The maximum atomic E-state index is 14.2. The van der Waals surface area contributed by atoms with Gasteiger partial charge in [0, 0.05) is 24.2 Å². The molecule has 4 rings (SSSR count). The third kappa shape index (κ3) is 3.51. The van der Waals surface area contributed by atoms with E-state index in [-0.39, 0.29) is 23.6 Å². The van der Waals surface area contributed by atoms with Crippen LogP contribution in [0.25, 0.3) is 0 Å². The SMILES string of the molecule is O=C(c1ccc(F)c(S(=O)(=O)NC2CC2)c1)N1CCCC2CCCCC21. The number of rotatable bonds is 4. The van der Waals surface area contributed by atoms with E-state index < -0.39 is 20.7 Å². The van der Waals surface area contributed by atoms with Crippen molar-refractivity contribution in [2.75, 3.05) is 6.54 Å². The predicted molar refractivity (Wildman–Crippen MR) is 95.8 cm³/mol. The molecule has 142 valence electrons. The Balaban J connectivity index is 1.60. The second-order valence-electron chi connectivity index (χ2n) is 7.79. The van der Waals surface area contributed by atoms with E-state index in [2.05, 4.69) is 4.72 Å².